The molecule has 0 radical (unpaired) electrons. The van der Waals surface area contributed by atoms with E-state index < -0.39 is 0 Å². The number of H-pyrrole nitrogens is 1. The molecule has 0 saturated carbocycles. The predicted molar refractivity (Wildman–Crippen MR) is 104 cm³/mol. The number of amides is 1. The average Bonchev–Trinajstić information content (AvgIpc) is 3.25. The van der Waals surface area contributed by atoms with Crippen molar-refractivity contribution in [1.82, 2.24) is 19.4 Å². The van der Waals surface area contributed by atoms with Crippen LogP contribution in [-0.2, 0) is 4.74 Å². The molecule has 2 fully saturated rings. The molecule has 7 nitrogen and oxygen atoms in total. The Bertz CT molecular complexity index is 850. The van der Waals surface area contributed by atoms with Crippen molar-refractivity contribution in [2.45, 2.75) is 32.2 Å². The van der Waals surface area contributed by atoms with Crippen LogP contribution in [0.25, 0.3) is 11.0 Å². The first-order valence-electron chi connectivity index (χ1n) is 9.99. The van der Waals surface area contributed by atoms with Gasteiger partial charge in [0.25, 0.3) is 0 Å². The summed E-state index contributed by atoms with van der Waals surface area (Å²) in [5, 5.41) is 0. The second-order valence-electron chi connectivity index (χ2n) is 7.65. The number of benzene rings is 1. The zero-order valence-corrected chi connectivity index (χ0v) is 15.9. The van der Waals surface area contributed by atoms with E-state index in [0.717, 1.165) is 63.0 Å². The normalized spacial score (nSPS) is 21.8. The van der Waals surface area contributed by atoms with E-state index in [0.29, 0.717) is 12.5 Å². The minimum Gasteiger partial charge on any atom is -0.450 e. The van der Waals surface area contributed by atoms with Gasteiger partial charge in [0.15, 0.2) is 0 Å². The number of fused-ring (bicyclic) bond motifs is 1. The van der Waals surface area contributed by atoms with Crippen molar-refractivity contribution in [2.75, 3.05) is 39.3 Å². The first-order valence-corrected chi connectivity index (χ1v) is 9.99. The van der Waals surface area contributed by atoms with Crippen LogP contribution in [-0.4, -0.2) is 64.8 Å². The van der Waals surface area contributed by atoms with Crippen LogP contribution < -0.4 is 5.69 Å². The number of aromatic nitrogens is 2. The number of imidazole rings is 1. The third kappa shape index (κ3) is 3.74. The van der Waals surface area contributed by atoms with E-state index in [1.165, 1.54) is 0 Å². The van der Waals surface area contributed by atoms with E-state index in [4.69, 9.17) is 4.74 Å². The van der Waals surface area contributed by atoms with Crippen molar-refractivity contribution < 1.29 is 9.53 Å². The summed E-state index contributed by atoms with van der Waals surface area (Å²) < 4.78 is 7.02. The second-order valence-corrected chi connectivity index (χ2v) is 7.65. The number of carbonyl (C=O) groups excluding carboxylic acids is 1. The largest absolute Gasteiger partial charge is 0.450 e. The Hall–Kier alpha value is -2.28. The van der Waals surface area contributed by atoms with Gasteiger partial charge in [-0.15, -0.1) is 0 Å². The van der Waals surface area contributed by atoms with Crippen molar-refractivity contribution in [2.24, 2.45) is 5.92 Å². The molecule has 1 N–H and O–H groups in total. The van der Waals surface area contributed by atoms with Gasteiger partial charge in [-0.25, -0.2) is 9.59 Å². The van der Waals surface area contributed by atoms with E-state index in [9.17, 15) is 9.59 Å². The number of nitrogens with one attached hydrogen (secondary N) is 1. The molecule has 27 heavy (non-hydrogen) atoms. The number of hydrogen-bond acceptors (Lipinski definition) is 4. The molecule has 2 aliphatic rings. The molecule has 4 rings (SSSR count). The number of ether oxygens (including phenoxy) is 1. The number of carbonyl (C=O) groups is 1. The minimum absolute atomic E-state index is 0.00852. The fourth-order valence-electron chi connectivity index (χ4n) is 4.50. The number of aromatic amines is 1. The maximum absolute atomic E-state index is 12.4. The lowest BCUT2D eigenvalue weighted by Crippen LogP contribution is -2.41. The smallest absolute Gasteiger partial charge is 0.409 e. The van der Waals surface area contributed by atoms with Crippen molar-refractivity contribution in [3.05, 3.63) is 34.7 Å². The summed E-state index contributed by atoms with van der Waals surface area (Å²) in [5.74, 6) is 0.606. The number of nitrogens with zero attached hydrogens (tertiary/aromatic N) is 3. The molecule has 2 saturated heterocycles. The van der Waals surface area contributed by atoms with Gasteiger partial charge < -0.3 is 19.5 Å². The van der Waals surface area contributed by atoms with Gasteiger partial charge in [0, 0.05) is 32.7 Å². The molecule has 1 aromatic carbocycles. The van der Waals surface area contributed by atoms with Gasteiger partial charge in [-0.05, 0) is 44.2 Å². The van der Waals surface area contributed by atoms with Gasteiger partial charge in [0.1, 0.15) is 0 Å². The number of rotatable bonds is 4. The number of hydrogen-bond donors (Lipinski definition) is 1. The zero-order valence-electron chi connectivity index (χ0n) is 15.9. The van der Waals surface area contributed by atoms with Crippen LogP contribution >= 0.6 is 0 Å². The summed E-state index contributed by atoms with van der Waals surface area (Å²) in [5.41, 5.74) is 1.90. The van der Waals surface area contributed by atoms with Crippen LogP contribution in [0.2, 0.25) is 0 Å². The van der Waals surface area contributed by atoms with Crippen LogP contribution in [0.1, 0.15) is 32.2 Å². The topological polar surface area (TPSA) is 70.6 Å². The quantitative estimate of drug-likeness (QED) is 0.895. The molecule has 2 aromatic rings. The van der Waals surface area contributed by atoms with Crippen molar-refractivity contribution in [3.8, 4) is 0 Å². The monoisotopic (exact) mass is 372 g/mol. The predicted octanol–water partition coefficient (Wildman–Crippen LogP) is 2.44. The third-order valence-electron chi connectivity index (χ3n) is 5.89. The summed E-state index contributed by atoms with van der Waals surface area (Å²) in [6.07, 6.45) is 2.86. The van der Waals surface area contributed by atoms with E-state index in [2.05, 4.69) is 9.88 Å². The lowest BCUT2D eigenvalue weighted by atomic mass is 9.96. The summed E-state index contributed by atoms with van der Waals surface area (Å²) in [6.45, 7) is 6.82. The summed E-state index contributed by atoms with van der Waals surface area (Å²) >= 11 is 0. The Balaban J connectivity index is 1.34. The third-order valence-corrected chi connectivity index (χ3v) is 5.89. The number of para-hydroxylation sites is 2. The standard InChI is InChI=1S/C20H28N4O3/c1-2-27-20(26)23-11-7-15(8-12-23)13-22-10-9-16(14-22)24-18-6-4-3-5-17(18)21-19(24)25/h3-6,15-16H,2,7-14H2,1H3,(H,21,25)/t16-/m1/s1. The Morgan fingerprint density at radius 1 is 1.19 bits per heavy atom. The molecule has 0 bridgehead atoms. The first kappa shape index (κ1) is 18.1. The van der Waals surface area contributed by atoms with Crippen LogP contribution in [0.3, 0.4) is 0 Å². The summed E-state index contributed by atoms with van der Waals surface area (Å²) in [4.78, 5) is 31.5. The van der Waals surface area contributed by atoms with Gasteiger partial charge in [0.05, 0.1) is 23.7 Å². The molecule has 1 aromatic heterocycles. The van der Waals surface area contributed by atoms with E-state index in [1.54, 1.807) is 0 Å². The lowest BCUT2D eigenvalue weighted by Gasteiger charge is -2.33. The number of piperidine rings is 1. The molecular weight excluding hydrogens is 344 g/mol. The van der Waals surface area contributed by atoms with Crippen molar-refractivity contribution in [3.63, 3.8) is 0 Å². The first-order chi connectivity index (χ1) is 13.2. The maximum atomic E-state index is 12.4. The Labute approximate surface area is 158 Å². The van der Waals surface area contributed by atoms with Crippen LogP contribution in [0, 0.1) is 5.92 Å². The zero-order chi connectivity index (χ0) is 18.8. The molecule has 2 aliphatic heterocycles. The van der Waals surface area contributed by atoms with E-state index in [-0.39, 0.29) is 17.8 Å². The highest BCUT2D eigenvalue weighted by molar-refractivity contribution is 5.75. The molecule has 0 spiro atoms. The van der Waals surface area contributed by atoms with Crippen LogP contribution in [0.5, 0.6) is 0 Å². The molecule has 7 heteroatoms. The number of likely N-dealkylation sites (tertiary alicyclic amines) is 2. The summed E-state index contributed by atoms with van der Waals surface area (Å²) in [7, 11) is 0. The molecule has 146 valence electrons. The SMILES string of the molecule is CCOC(=O)N1CCC(CN2CC[C@@H](n3c(=O)[nH]c4ccccc43)C2)CC1. The van der Waals surface area contributed by atoms with Gasteiger partial charge in [-0.2, -0.15) is 0 Å². The Morgan fingerprint density at radius 2 is 1.96 bits per heavy atom. The van der Waals surface area contributed by atoms with Crippen LogP contribution in [0.15, 0.2) is 29.1 Å². The molecule has 3 heterocycles. The maximum Gasteiger partial charge on any atom is 0.409 e. The molecule has 0 aliphatic carbocycles. The summed E-state index contributed by atoms with van der Waals surface area (Å²) in [6, 6.07) is 8.13. The molecule has 1 amide bonds. The molecule has 1 atom stereocenters. The van der Waals surface area contributed by atoms with Crippen molar-refractivity contribution >= 4 is 17.1 Å². The highest BCUT2D eigenvalue weighted by atomic mass is 16.6. The van der Waals surface area contributed by atoms with E-state index >= 15 is 0 Å². The van der Waals surface area contributed by atoms with Gasteiger partial charge in [-0.1, -0.05) is 12.1 Å². The van der Waals surface area contributed by atoms with E-state index in [1.807, 2.05) is 40.7 Å². The fraction of sp³-hybridized carbons (Fsp3) is 0.600. The van der Waals surface area contributed by atoms with Gasteiger partial charge in [0.2, 0.25) is 0 Å². The second kappa shape index (κ2) is 7.76. The molecule has 0 unspecified atom stereocenters. The molecular formula is C20H28N4O3. The highest BCUT2D eigenvalue weighted by Crippen LogP contribution is 2.27. The van der Waals surface area contributed by atoms with Crippen LogP contribution in [0.4, 0.5) is 4.79 Å². The van der Waals surface area contributed by atoms with Crippen molar-refractivity contribution in [1.29, 1.82) is 0 Å². The Morgan fingerprint density at radius 3 is 2.74 bits per heavy atom. The minimum atomic E-state index is -0.184. The van der Waals surface area contributed by atoms with Gasteiger partial charge >= 0.3 is 11.8 Å². The Kier molecular flexibility index (Phi) is 5.20. The lowest BCUT2D eigenvalue weighted by molar-refractivity contribution is 0.0871. The van der Waals surface area contributed by atoms with Gasteiger partial charge in [-0.3, -0.25) is 4.57 Å². The fourth-order valence-corrected chi connectivity index (χ4v) is 4.50. The highest BCUT2D eigenvalue weighted by Gasteiger charge is 2.30. The average molecular weight is 372 g/mol.